The molecule has 0 saturated heterocycles. The lowest BCUT2D eigenvalue weighted by molar-refractivity contribution is -0.0729. The number of halogens is 1. The summed E-state index contributed by atoms with van der Waals surface area (Å²) in [6.07, 6.45) is 1.11. The van der Waals surface area contributed by atoms with Crippen LogP contribution in [0.3, 0.4) is 0 Å². The number of nitrogens with zero attached hydrogens (tertiary/aromatic N) is 2. The van der Waals surface area contributed by atoms with Gasteiger partial charge in [0.1, 0.15) is 5.60 Å². The van der Waals surface area contributed by atoms with Gasteiger partial charge in [0.15, 0.2) is 5.75 Å². The summed E-state index contributed by atoms with van der Waals surface area (Å²) >= 11 is 6.18. The largest absolute Gasteiger partial charge is 0.443 e. The van der Waals surface area contributed by atoms with Crippen LogP contribution in [0.1, 0.15) is 50.9 Å². The van der Waals surface area contributed by atoms with Crippen molar-refractivity contribution < 1.29 is 19.2 Å². The van der Waals surface area contributed by atoms with Crippen molar-refractivity contribution in [1.82, 2.24) is 9.96 Å². The Morgan fingerprint density at radius 3 is 2.32 bits per heavy atom. The van der Waals surface area contributed by atoms with E-state index in [2.05, 4.69) is 0 Å². The predicted octanol–water partition coefficient (Wildman–Crippen LogP) is 4.37. The van der Waals surface area contributed by atoms with Crippen LogP contribution in [0.2, 0.25) is 5.02 Å². The number of rotatable bonds is 6. The van der Waals surface area contributed by atoms with Crippen LogP contribution in [0, 0.1) is 0 Å². The molecule has 7 heteroatoms. The molecule has 0 radical (unpaired) electrons. The van der Waals surface area contributed by atoms with Gasteiger partial charge in [-0.3, -0.25) is 4.79 Å². The summed E-state index contributed by atoms with van der Waals surface area (Å²) in [4.78, 5) is 31.4. The first kappa shape index (κ1) is 21.1. The highest BCUT2D eigenvalue weighted by Gasteiger charge is 2.24. The molecule has 0 aliphatic rings. The average Bonchev–Trinajstić information content (AvgIpc) is 2.49. The fourth-order valence-corrected chi connectivity index (χ4v) is 2.13. The second-order valence-electron chi connectivity index (χ2n) is 6.87. The van der Waals surface area contributed by atoms with E-state index in [1.807, 2.05) is 6.92 Å². The standard InChI is InChI=1S/C18H27ClN2O4/c1-7-8-11-21(17(23)24-18(2,3)4)25-13-9-10-14(15(19)12-13)16(22)20(5)6/h9-10,12H,7-8,11H2,1-6H3. The highest BCUT2D eigenvalue weighted by atomic mass is 35.5. The Kier molecular flexibility index (Phi) is 7.55. The number of carbonyl (C=O) groups is 2. The Balaban J connectivity index is 2.95. The summed E-state index contributed by atoms with van der Waals surface area (Å²) in [6, 6.07) is 4.70. The molecule has 0 aliphatic carbocycles. The number of carbonyl (C=O) groups excluding carboxylic acids is 2. The molecule has 0 saturated carbocycles. The van der Waals surface area contributed by atoms with Gasteiger partial charge in [0.05, 0.1) is 17.1 Å². The predicted molar refractivity (Wildman–Crippen MR) is 97.9 cm³/mol. The maximum absolute atomic E-state index is 12.3. The van der Waals surface area contributed by atoms with Crippen molar-refractivity contribution in [2.75, 3.05) is 20.6 Å². The Morgan fingerprint density at radius 1 is 1.20 bits per heavy atom. The lowest BCUT2D eigenvalue weighted by atomic mass is 10.2. The van der Waals surface area contributed by atoms with E-state index in [0.717, 1.165) is 12.8 Å². The molecule has 0 aliphatic heterocycles. The average molecular weight is 371 g/mol. The smallest absolute Gasteiger partial charge is 0.442 e. The summed E-state index contributed by atoms with van der Waals surface area (Å²) < 4.78 is 5.36. The van der Waals surface area contributed by atoms with Crippen molar-refractivity contribution in [3.63, 3.8) is 0 Å². The maximum Gasteiger partial charge on any atom is 0.443 e. The van der Waals surface area contributed by atoms with Gasteiger partial charge in [0.2, 0.25) is 0 Å². The molecule has 0 heterocycles. The normalized spacial score (nSPS) is 11.0. The van der Waals surface area contributed by atoms with Gasteiger partial charge in [-0.1, -0.05) is 24.9 Å². The number of hydrogen-bond acceptors (Lipinski definition) is 4. The minimum atomic E-state index is -0.620. The molecular weight excluding hydrogens is 344 g/mol. The van der Waals surface area contributed by atoms with Gasteiger partial charge < -0.3 is 14.5 Å². The maximum atomic E-state index is 12.3. The van der Waals surface area contributed by atoms with Gasteiger partial charge in [-0.05, 0) is 39.3 Å². The van der Waals surface area contributed by atoms with Crippen LogP contribution < -0.4 is 4.84 Å². The molecule has 1 aromatic carbocycles. The van der Waals surface area contributed by atoms with E-state index in [1.165, 1.54) is 16.0 Å². The summed E-state index contributed by atoms with van der Waals surface area (Å²) in [5.41, 5.74) is -0.249. The molecule has 1 rings (SSSR count). The Labute approximate surface area is 154 Å². The van der Waals surface area contributed by atoms with Crippen molar-refractivity contribution in [3.05, 3.63) is 28.8 Å². The summed E-state index contributed by atoms with van der Waals surface area (Å²) in [6.45, 7) is 7.79. The third kappa shape index (κ3) is 6.82. The van der Waals surface area contributed by atoms with Crippen molar-refractivity contribution in [2.24, 2.45) is 0 Å². The van der Waals surface area contributed by atoms with Crippen LogP contribution in [-0.4, -0.2) is 48.2 Å². The molecule has 140 valence electrons. The van der Waals surface area contributed by atoms with Gasteiger partial charge in [0, 0.05) is 20.2 Å². The van der Waals surface area contributed by atoms with Crippen molar-refractivity contribution in [2.45, 2.75) is 46.1 Å². The van der Waals surface area contributed by atoms with Crippen LogP contribution in [-0.2, 0) is 4.74 Å². The van der Waals surface area contributed by atoms with E-state index >= 15 is 0 Å². The fraction of sp³-hybridized carbons (Fsp3) is 0.556. The zero-order valence-electron chi connectivity index (χ0n) is 15.8. The zero-order valence-corrected chi connectivity index (χ0v) is 16.5. The second kappa shape index (κ2) is 8.94. The third-order valence-electron chi connectivity index (χ3n) is 3.10. The number of hydrogen-bond donors (Lipinski definition) is 0. The van der Waals surface area contributed by atoms with Gasteiger partial charge in [-0.2, -0.15) is 0 Å². The van der Waals surface area contributed by atoms with Crippen molar-refractivity contribution in [3.8, 4) is 5.75 Å². The summed E-state index contributed by atoms with van der Waals surface area (Å²) in [7, 11) is 3.30. The van der Waals surface area contributed by atoms with Crippen LogP contribution in [0.25, 0.3) is 0 Å². The van der Waals surface area contributed by atoms with E-state index in [9.17, 15) is 9.59 Å². The Hall–Kier alpha value is -1.95. The quantitative estimate of drug-likeness (QED) is 0.697. The first-order valence-electron chi connectivity index (χ1n) is 8.25. The number of benzene rings is 1. The van der Waals surface area contributed by atoms with Crippen LogP contribution >= 0.6 is 11.6 Å². The van der Waals surface area contributed by atoms with E-state index in [0.29, 0.717) is 17.9 Å². The van der Waals surface area contributed by atoms with Gasteiger partial charge in [-0.15, -0.1) is 5.06 Å². The Bertz CT molecular complexity index is 612. The SMILES string of the molecule is CCCCN(Oc1ccc(C(=O)N(C)C)c(Cl)c1)C(=O)OC(C)(C)C. The minimum absolute atomic E-state index is 0.202. The van der Waals surface area contributed by atoms with E-state index < -0.39 is 11.7 Å². The zero-order chi connectivity index (χ0) is 19.2. The van der Waals surface area contributed by atoms with E-state index in [1.54, 1.807) is 47.0 Å². The molecule has 0 N–H and O–H groups in total. The van der Waals surface area contributed by atoms with Gasteiger partial charge in [0.25, 0.3) is 5.91 Å². The van der Waals surface area contributed by atoms with Crippen LogP contribution in [0.4, 0.5) is 4.79 Å². The number of unbranched alkanes of at least 4 members (excludes halogenated alkanes) is 1. The molecule has 1 aromatic rings. The molecule has 25 heavy (non-hydrogen) atoms. The monoisotopic (exact) mass is 370 g/mol. The molecule has 0 bridgehead atoms. The van der Waals surface area contributed by atoms with Gasteiger partial charge >= 0.3 is 6.09 Å². The highest BCUT2D eigenvalue weighted by Crippen LogP contribution is 2.24. The molecule has 0 fully saturated rings. The van der Waals surface area contributed by atoms with Crippen LogP contribution in [0.5, 0.6) is 5.75 Å². The van der Waals surface area contributed by atoms with E-state index in [-0.39, 0.29) is 10.9 Å². The molecule has 6 nitrogen and oxygen atoms in total. The number of ether oxygens (including phenoxy) is 1. The van der Waals surface area contributed by atoms with Crippen LogP contribution in [0.15, 0.2) is 18.2 Å². The minimum Gasteiger partial charge on any atom is -0.442 e. The molecule has 2 amide bonds. The topological polar surface area (TPSA) is 59.1 Å². The Morgan fingerprint density at radius 2 is 1.84 bits per heavy atom. The first-order chi connectivity index (χ1) is 11.5. The molecule has 0 unspecified atom stereocenters. The third-order valence-corrected chi connectivity index (χ3v) is 3.42. The first-order valence-corrected chi connectivity index (χ1v) is 8.62. The highest BCUT2D eigenvalue weighted by molar-refractivity contribution is 6.34. The number of hydroxylamine groups is 2. The summed E-state index contributed by atoms with van der Waals surface area (Å²) in [5, 5.41) is 1.43. The number of amides is 2. The second-order valence-corrected chi connectivity index (χ2v) is 7.28. The lowest BCUT2D eigenvalue weighted by Gasteiger charge is -2.27. The van der Waals surface area contributed by atoms with Crippen molar-refractivity contribution in [1.29, 1.82) is 0 Å². The fourth-order valence-electron chi connectivity index (χ4n) is 1.88. The molecule has 0 atom stereocenters. The molecular formula is C18H27ClN2O4. The molecule has 0 aromatic heterocycles. The molecule has 0 spiro atoms. The van der Waals surface area contributed by atoms with Gasteiger partial charge in [-0.25, -0.2) is 4.79 Å². The lowest BCUT2D eigenvalue weighted by Crippen LogP contribution is -2.39. The van der Waals surface area contributed by atoms with E-state index in [4.69, 9.17) is 21.2 Å². The van der Waals surface area contributed by atoms with Crippen molar-refractivity contribution >= 4 is 23.6 Å². The summed E-state index contributed by atoms with van der Waals surface area (Å²) in [5.74, 6) is 0.161.